The molecule has 0 radical (unpaired) electrons. The second-order valence-corrected chi connectivity index (χ2v) is 9.20. The van der Waals surface area contributed by atoms with Gasteiger partial charge in [-0.1, -0.05) is 43.7 Å². The second kappa shape index (κ2) is 11.9. The zero-order chi connectivity index (χ0) is 30.8. The van der Waals surface area contributed by atoms with Crippen molar-refractivity contribution in [3.8, 4) is 22.6 Å². The standard InChI is InChI=1S/C30H20F10O2/c1-2-3-4-16-5-7-17(8-6-16)18-9-10-21(22(31)11-18)29(37,38)41-19-12-23(32)27(24(33)13-19)30(39,40)42-20-14-25(34)28(36)26(35)15-20/h5-15H,2-4H2,1H3. The number of benzene rings is 4. The summed E-state index contributed by atoms with van der Waals surface area (Å²) >= 11 is 0. The molecule has 2 nitrogen and oxygen atoms in total. The molecule has 42 heavy (non-hydrogen) atoms. The molecule has 0 fully saturated rings. The molecule has 222 valence electrons. The van der Waals surface area contributed by atoms with E-state index in [0.717, 1.165) is 30.9 Å². The Labute approximate surface area is 233 Å². The lowest BCUT2D eigenvalue weighted by molar-refractivity contribution is -0.191. The molecule has 0 saturated carbocycles. The maximum atomic E-state index is 14.8. The Morgan fingerprint density at radius 2 is 1.07 bits per heavy atom. The number of ether oxygens (including phenoxy) is 2. The molecule has 0 N–H and O–H groups in total. The van der Waals surface area contributed by atoms with Gasteiger partial charge in [-0.3, -0.25) is 0 Å². The highest BCUT2D eigenvalue weighted by Crippen LogP contribution is 2.40. The summed E-state index contributed by atoms with van der Waals surface area (Å²) in [5.74, 6) is -14.2. The van der Waals surface area contributed by atoms with Crippen LogP contribution in [0.15, 0.2) is 66.7 Å². The highest BCUT2D eigenvalue weighted by molar-refractivity contribution is 5.64. The Hall–Kier alpha value is -4.22. The van der Waals surface area contributed by atoms with E-state index in [0.29, 0.717) is 11.6 Å². The molecule has 0 bridgehead atoms. The van der Waals surface area contributed by atoms with Crippen LogP contribution in [0.1, 0.15) is 36.5 Å². The predicted octanol–water partition coefficient (Wildman–Crippen LogP) is 9.79. The quantitative estimate of drug-likeness (QED) is 0.133. The van der Waals surface area contributed by atoms with Gasteiger partial charge in [-0.15, -0.1) is 0 Å². The molecule has 0 aliphatic rings. The first kappa shape index (κ1) is 30.7. The summed E-state index contributed by atoms with van der Waals surface area (Å²) in [7, 11) is 0. The average molecular weight is 602 g/mol. The summed E-state index contributed by atoms with van der Waals surface area (Å²) in [6, 6.07) is 9.68. The Balaban J connectivity index is 1.55. The van der Waals surface area contributed by atoms with Gasteiger partial charge in [0.05, 0.1) is 5.56 Å². The monoisotopic (exact) mass is 602 g/mol. The van der Waals surface area contributed by atoms with E-state index in [2.05, 4.69) is 9.47 Å². The third kappa shape index (κ3) is 6.63. The number of halogens is 10. The van der Waals surface area contributed by atoms with Crippen molar-refractivity contribution in [1.29, 1.82) is 0 Å². The summed E-state index contributed by atoms with van der Waals surface area (Å²) in [5, 5.41) is 0. The van der Waals surface area contributed by atoms with Gasteiger partial charge in [-0.25, -0.2) is 26.3 Å². The van der Waals surface area contributed by atoms with Crippen molar-refractivity contribution < 1.29 is 53.4 Å². The van der Waals surface area contributed by atoms with E-state index >= 15 is 0 Å². The average Bonchev–Trinajstić information content (AvgIpc) is 2.89. The highest BCUT2D eigenvalue weighted by Gasteiger charge is 2.43. The van der Waals surface area contributed by atoms with E-state index in [1.54, 1.807) is 12.1 Å². The molecule has 12 heteroatoms. The van der Waals surface area contributed by atoms with Gasteiger partial charge < -0.3 is 9.47 Å². The van der Waals surface area contributed by atoms with Gasteiger partial charge in [-0.2, -0.15) is 17.6 Å². The third-order valence-corrected chi connectivity index (χ3v) is 6.14. The summed E-state index contributed by atoms with van der Waals surface area (Å²) in [6.45, 7) is 2.04. The van der Waals surface area contributed by atoms with Crippen molar-refractivity contribution in [3.05, 3.63) is 118 Å². The smallest absolute Gasteiger partial charge is 0.429 e. The molecule has 4 aromatic carbocycles. The maximum Gasteiger partial charge on any atom is 0.432 e. The highest BCUT2D eigenvalue weighted by atomic mass is 19.3. The van der Waals surface area contributed by atoms with Crippen LogP contribution in [-0.4, -0.2) is 0 Å². The van der Waals surface area contributed by atoms with Crippen LogP contribution in [0.25, 0.3) is 11.1 Å². The van der Waals surface area contributed by atoms with Crippen LogP contribution in [0.5, 0.6) is 11.5 Å². The van der Waals surface area contributed by atoms with Gasteiger partial charge in [0.1, 0.15) is 34.5 Å². The lowest BCUT2D eigenvalue weighted by Crippen LogP contribution is -2.26. The second-order valence-electron chi connectivity index (χ2n) is 9.20. The number of hydrogen-bond donors (Lipinski definition) is 0. The van der Waals surface area contributed by atoms with E-state index < -0.39 is 69.7 Å². The summed E-state index contributed by atoms with van der Waals surface area (Å²) in [4.78, 5) is 0. The number of unbranched alkanes of at least 4 members (excludes halogenated alkanes) is 1. The van der Waals surface area contributed by atoms with Gasteiger partial charge in [0, 0.05) is 24.3 Å². The van der Waals surface area contributed by atoms with E-state index in [1.165, 1.54) is 6.07 Å². The van der Waals surface area contributed by atoms with Crippen LogP contribution in [0, 0.1) is 34.9 Å². The first-order chi connectivity index (χ1) is 19.7. The molecule has 0 aromatic heterocycles. The van der Waals surface area contributed by atoms with Crippen LogP contribution < -0.4 is 9.47 Å². The van der Waals surface area contributed by atoms with E-state index in [9.17, 15) is 43.9 Å². The zero-order valence-electron chi connectivity index (χ0n) is 21.6. The molecular weight excluding hydrogens is 582 g/mol. The minimum absolute atomic E-state index is 0.00260. The normalized spacial score (nSPS) is 12.0. The van der Waals surface area contributed by atoms with Gasteiger partial charge in [0.15, 0.2) is 17.5 Å². The van der Waals surface area contributed by atoms with Gasteiger partial charge in [0.2, 0.25) is 0 Å². The Morgan fingerprint density at radius 3 is 1.60 bits per heavy atom. The van der Waals surface area contributed by atoms with Crippen molar-refractivity contribution in [2.75, 3.05) is 0 Å². The van der Waals surface area contributed by atoms with Crippen molar-refractivity contribution in [2.24, 2.45) is 0 Å². The van der Waals surface area contributed by atoms with Crippen molar-refractivity contribution in [2.45, 2.75) is 38.4 Å². The molecule has 4 rings (SSSR count). The fourth-order valence-electron chi connectivity index (χ4n) is 4.06. The zero-order valence-corrected chi connectivity index (χ0v) is 21.6. The van der Waals surface area contributed by atoms with Crippen LogP contribution in [0.2, 0.25) is 0 Å². The molecular formula is C30H20F10O2. The first-order valence-electron chi connectivity index (χ1n) is 12.4. The number of rotatable bonds is 10. The molecule has 0 heterocycles. The topological polar surface area (TPSA) is 18.5 Å². The first-order valence-corrected chi connectivity index (χ1v) is 12.4. The summed E-state index contributed by atoms with van der Waals surface area (Å²) in [5.41, 5.74) is -1.58. The lowest BCUT2D eigenvalue weighted by Gasteiger charge is -2.22. The molecule has 0 unspecified atom stereocenters. The van der Waals surface area contributed by atoms with E-state index in [4.69, 9.17) is 0 Å². The largest absolute Gasteiger partial charge is 0.432 e. The molecule has 0 aliphatic heterocycles. The third-order valence-electron chi connectivity index (χ3n) is 6.14. The van der Waals surface area contributed by atoms with Crippen LogP contribution in [-0.2, 0) is 18.6 Å². The Bertz CT molecular complexity index is 1540. The molecule has 0 spiro atoms. The number of aryl methyl sites for hydroxylation is 1. The minimum Gasteiger partial charge on any atom is -0.429 e. The molecule has 0 saturated heterocycles. The Kier molecular flexibility index (Phi) is 8.74. The van der Waals surface area contributed by atoms with E-state index in [1.807, 2.05) is 19.1 Å². The molecule has 0 amide bonds. The van der Waals surface area contributed by atoms with Crippen LogP contribution in [0.3, 0.4) is 0 Å². The van der Waals surface area contributed by atoms with Crippen LogP contribution in [0.4, 0.5) is 43.9 Å². The summed E-state index contributed by atoms with van der Waals surface area (Å²) in [6.07, 6.45) is -6.63. The number of alkyl halides is 4. The van der Waals surface area contributed by atoms with Crippen molar-refractivity contribution in [1.82, 2.24) is 0 Å². The van der Waals surface area contributed by atoms with Gasteiger partial charge in [0.25, 0.3) is 0 Å². The molecule has 0 atom stereocenters. The molecule has 0 aliphatic carbocycles. The van der Waals surface area contributed by atoms with Crippen molar-refractivity contribution >= 4 is 0 Å². The molecule has 4 aromatic rings. The Morgan fingerprint density at radius 1 is 0.571 bits per heavy atom. The minimum atomic E-state index is -4.94. The van der Waals surface area contributed by atoms with Gasteiger partial charge >= 0.3 is 12.2 Å². The van der Waals surface area contributed by atoms with Crippen LogP contribution >= 0.6 is 0 Å². The SMILES string of the molecule is CCCCc1ccc(-c2ccc(C(F)(F)Oc3cc(F)c(C(F)(F)Oc4cc(F)c(F)c(F)c4)c(F)c3)c(F)c2)cc1. The number of hydrogen-bond acceptors (Lipinski definition) is 2. The fourth-order valence-corrected chi connectivity index (χ4v) is 4.06. The summed E-state index contributed by atoms with van der Waals surface area (Å²) < 4.78 is 150. The van der Waals surface area contributed by atoms with Gasteiger partial charge in [-0.05, 0) is 41.7 Å². The fraction of sp³-hybridized carbons (Fsp3) is 0.200. The maximum absolute atomic E-state index is 14.8. The van der Waals surface area contributed by atoms with Crippen molar-refractivity contribution in [3.63, 3.8) is 0 Å². The predicted molar refractivity (Wildman–Crippen MR) is 132 cm³/mol. The lowest BCUT2D eigenvalue weighted by atomic mass is 10.00. The van der Waals surface area contributed by atoms with E-state index in [-0.39, 0.29) is 29.8 Å².